The average Bonchev–Trinajstić information content (AvgIpc) is 2.87. The Labute approximate surface area is 219 Å². The molecule has 1 heterocycles. The van der Waals surface area contributed by atoms with Crippen LogP contribution < -0.4 is 16.2 Å². The van der Waals surface area contributed by atoms with E-state index >= 15 is 0 Å². The maximum absolute atomic E-state index is 13.9. The van der Waals surface area contributed by atoms with Crippen molar-refractivity contribution in [1.29, 1.82) is 0 Å². The Hall–Kier alpha value is -3.88. The van der Waals surface area contributed by atoms with Crippen molar-refractivity contribution in [2.24, 2.45) is 0 Å². The first kappa shape index (κ1) is 27.2. The first-order valence-corrected chi connectivity index (χ1v) is 12.6. The van der Waals surface area contributed by atoms with Gasteiger partial charge in [-0.3, -0.25) is 9.59 Å². The molecule has 198 valence electrons. The minimum atomic E-state index is -1.09. The van der Waals surface area contributed by atoms with Crippen molar-refractivity contribution < 1.29 is 18.7 Å². The lowest BCUT2D eigenvalue weighted by molar-refractivity contribution is 0.0831. The highest BCUT2D eigenvalue weighted by molar-refractivity contribution is 6.06. The molecule has 6 nitrogen and oxygen atoms in total. The van der Waals surface area contributed by atoms with Crippen molar-refractivity contribution in [3.63, 3.8) is 0 Å². The molecule has 3 aromatic carbocycles. The van der Waals surface area contributed by atoms with Gasteiger partial charge in [0.05, 0.1) is 17.7 Å². The molecule has 8 heteroatoms. The van der Waals surface area contributed by atoms with Crippen LogP contribution in [0.4, 0.5) is 8.78 Å². The molecule has 38 heavy (non-hydrogen) atoms. The molecule has 1 amide bonds. The molecule has 0 aliphatic heterocycles. The zero-order valence-electron chi connectivity index (χ0n) is 21.4. The number of H-pyrrole nitrogens is 1. The molecule has 0 aliphatic rings. The van der Waals surface area contributed by atoms with Gasteiger partial charge < -0.3 is 20.7 Å². The van der Waals surface area contributed by atoms with E-state index in [2.05, 4.69) is 28.6 Å². The Balaban J connectivity index is 1.56. The molecule has 0 spiro atoms. The summed E-state index contributed by atoms with van der Waals surface area (Å²) in [6.45, 7) is 4.57. The van der Waals surface area contributed by atoms with Crippen LogP contribution in [0, 0.1) is 18.6 Å². The van der Waals surface area contributed by atoms with E-state index in [1.54, 1.807) is 12.1 Å². The molecule has 0 saturated heterocycles. The van der Waals surface area contributed by atoms with Gasteiger partial charge in [-0.15, -0.1) is 0 Å². The average molecular weight is 520 g/mol. The van der Waals surface area contributed by atoms with Crippen LogP contribution in [0.5, 0.6) is 0 Å². The molecule has 4 aromatic rings. The fourth-order valence-electron chi connectivity index (χ4n) is 4.53. The van der Waals surface area contributed by atoms with Crippen molar-refractivity contribution in [2.75, 3.05) is 6.54 Å². The molecular formula is C30H31F2N3O3. The number of rotatable bonds is 10. The highest BCUT2D eigenvalue weighted by Crippen LogP contribution is 2.18. The molecule has 2 atom stereocenters. The minimum Gasteiger partial charge on any atom is -0.390 e. The third-order valence-electron chi connectivity index (χ3n) is 6.48. The lowest BCUT2D eigenvalue weighted by atomic mass is 9.99. The Morgan fingerprint density at radius 2 is 1.71 bits per heavy atom. The van der Waals surface area contributed by atoms with E-state index in [9.17, 15) is 23.5 Å². The number of pyridine rings is 1. The van der Waals surface area contributed by atoms with E-state index in [1.807, 2.05) is 31.2 Å². The number of aryl methyl sites for hydroxylation is 2. The van der Waals surface area contributed by atoms with Gasteiger partial charge in [-0.05, 0) is 60.7 Å². The largest absolute Gasteiger partial charge is 0.390 e. The second-order valence-corrected chi connectivity index (χ2v) is 9.53. The fourth-order valence-corrected chi connectivity index (χ4v) is 4.53. The number of aromatic amines is 1. The smallest absolute Gasteiger partial charge is 0.252 e. The third kappa shape index (κ3) is 6.90. The number of aromatic nitrogens is 1. The number of benzene rings is 3. The van der Waals surface area contributed by atoms with Crippen molar-refractivity contribution in [1.82, 2.24) is 15.6 Å². The highest BCUT2D eigenvalue weighted by Gasteiger charge is 2.24. The number of hydrogen-bond donors (Lipinski definition) is 4. The second-order valence-electron chi connectivity index (χ2n) is 9.53. The van der Waals surface area contributed by atoms with Gasteiger partial charge >= 0.3 is 0 Å². The van der Waals surface area contributed by atoms with Gasteiger partial charge in [0.15, 0.2) is 0 Å². The SMILES string of the molecule is CCc1cccc(CNC[C@@H](O)[C@H](Cc2cc(F)cc(F)c2)NC(=O)c2cc(=O)[nH]c3ccc(C)cc23)c1. The van der Waals surface area contributed by atoms with E-state index in [4.69, 9.17) is 0 Å². The fraction of sp³-hybridized carbons (Fsp3) is 0.267. The topological polar surface area (TPSA) is 94.2 Å². The summed E-state index contributed by atoms with van der Waals surface area (Å²) in [4.78, 5) is 28.3. The number of aliphatic hydroxyl groups is 1. The Kier molecular flexibility index (Phi) is 8.66. The lowest BCUT2D eigenvalue weighted by Crippen LogP contribution is -2.48. The lowest BCUT2D eigenvalue weighted by Gasteiger charge is -2.25. The van der Waals surface area contributed by atoms with Gasteiger partial charge in [-0.2, -0.15) is 0 Å². The molecule has 0 aliphatic carbocycles. The van der Waals surface area contributed by atoms with Gasteiger partial charge in [0.1, 0.15) is 11.6 Å². The van der Waals surface area contributed by atoms with Crippen LogP contribution >= 0.6 is 0 Å². The molecule has 4 N–H and O–H groups in total. The van der Waals surface area contributed by atoms with E-state index in [0.29, 0.717) is 17.4 Å². The van der Waals surface area contributed by atoms with Crippen LogP contribution in [0.3, 0.4) is 0 Å². The Bertz CT molecular complexity index is 1480. The summed E-state index contributed by atoms with van der Waals surface area (Å²) < 4.78 is 27.8. The third-order valence-corrected chi connectivity index (χ3v) is 6.48. The molecule has 0 radical (unpaired) electrons. The standard InChI is InChI=1S/C30H31F2N3O3/c1-3-19-5-4-6-20(10-19)16-33-17-28(36)27(13-21-11-22(31)14-23(32)12-21)35-30(38)25-15-29(37)34-26-8-7-18(2)9-24(25)26/h4-12,14-15,27-28,33,36H,3,13,16-17H2,1-2H3,(H,34,37)(H,35,38)/t27-,28+/m0/s1. The van der Waals surface area contributed by atoms with Crippen LogP contribution in [0.1, 0.15) is 39.5 Å². The minimum absolute atomic E-state index is 0.0191. The molecule has 0 unspecified atom stereocenters. The van der Waals surface area contributed by atoms with Crippen LogP contribution in [0.2, 0.25) is 0 Å². The van der Waals surface area contributed by atoms with Crippen LogP contribution in [0.15, 0.2) is 71.5 Å². The second kappa shape index (κ2) is 12.1. The van der Waals surface area contributed by atoms with Crippen LogP contribution in [0.25, 0.3) is 10.9 Å². The van der Waals surface area contributed by atoms with Crippen molar-refractivity contribution in [3.8, 4) is 0 Å². The summed E-state index contributed by atoms with van der Waals surface area (Å²) in [6.07, 6.45) is -0.199. The summed E-state index contributed by atoms with van der Waals surface area (Å²) in [5, 5.41) is 17.6. The number of aliphatic hydroxyl groups excluding tert-OH is 1. The Morgan fingerprint density at radius 3 is 2.45 bits per heavy atom. The number of halogens is 2. The van der Waals surface area contributed by atoms with E-state index in [-0.39, 0.29) is 24.1 Å². The number of fused-ring (bicyclic) bond motifs is 1. The van der Waals surface area contributed by atoms with Gasteiger partial charge in [0, 0.05) is 36.1 Å². The van der Waals surface area contributed by atoms with Gasteiger partial charge in [0.25, 0.3) is 5.91 Å². The summed E-state index contributed by atoms with van der Waals surface area (Å²) in [7, 11) is 0. The summed E-state index contributed by atoms with van der Waals surface area (Å²) in [5.74, 6) is -2.06. The first-order chi connectivity index (χ1) is 18.2. The number of amides is 1. The monoisotopic (exact) mass is 519 g/mol. The number of carbonyl (C=O) groups is 1. The summed E-state index contributed by atoms with van der Waals surface area (Å²) in [6, 6.07) is 16.8. The molecule has 0 fully saturated rings. The molecular weight excluding hydrogens is 488 g/mol. The van der Waals surface area contributed by atoms with Crippen LogP contribution in [-0.4, -0.2) is 34.7 Å². The Morgan fingerprint density at radius 1 is 0.974 bits per heavy atom. The predicted octanol–water partition coefficient (Wildman–Crippen LogP) is 4.17. The number of nitrogens with one attached hydrogen (secondary N) is 3. The number of carbonyl (C=O) groups excluding carboxylic acids is 1. The molecule has 0 saturated carbocycles. The molecule has 0 bridgehead atoms. The maximum atomic E-state index is 13.9. The zero-order chi connectivity index (χ0) is 27.2. The van der Waals surface area contributed by atoms with E-state index in [1.165, 1.54) is 23.8 Å². The summed E-state index contributed by atoms with van der Waals surface area (Å²) >= 11 is 0. The quantitative estimate of drug-likeness (QED) is 0.253. The normalized spacial score (nSPS) is 12.9. The molecule has 4 rings (SSSR count). The molecule has 1 aromatic heterocycles. The maximum Gasteiger partial charge on any atom is 0.252 e. The van der Waals surface area contributed by atoms with E-state index in [0.717, 1.165) is 23.6 Å². The predicted molar refractivity (Wildman–Crippen MR) is 144 cm³/mol. The van der Waals surface area contributed by atoms with Gasteiger partial charge in [-0.25, -0.2) is 8.78 Å². The van der Waals surface area contributed by atoms with Crippen molar-refractivity contribution in [3.05, 3.63) is 117 Å². The first-order valence-electron chi connectivity index (χ1n) is 12.6. The summed E-state index contributed by atoms with van der Waals surface area (Å²) in [5.41, 5.74) is 3.66. The zero-order valence-corrected chi connectivity index (χ0v) is 21.4. The number of hydrogen-bond acceptors (Lipinski definition) is 4. The highest BCUT2D eigenvalue weighted by atomic mass is 19.1. The van der Waals surface area contributed by atoms with Gasteiger partial charge in [0.2, 0.25) is 5.56 Å². The van der Waals surface area contributed by atoms with Crippen LogP contribution in [-0.2, 0) is 19.4 Å². The van der Waals surface area contributed by atoms with E-state index < -0.39 is 35.2 Å². The van der Waals surface area contributed by atoms with Crippen molar-refractivity contribution in [2.45, 2.75) is 45.4 Å². The van der Waals surface area contributed by atoms with Crippen molar-refractivity contribution >= 4 is 16.8 Å². The van der Waals surface area contributed by atoms with Gasteiger partial charge in [-0.1, -0.05) is 42.8 Å².